The highest BCUT2D eigenvalue weighted by Gasteiger charge is 2.69. The summed E-state index contributed by atoms with van der Waals surface area (Å²) in [5, 5.41) is 22.4. The largest absolute Gasteiger partial charge is 0.393 e. The van der Waals surface area contributed by atoms with Crippen LogP contribution in [0.4, 0.5) is 0 Å². The Morgan fingerprint density at radius 1 is 1.37 bits per heavy atom. The lowest BCUT2D eigenvalue weighted by molar-refractivity contribution is -0.171. The Labute approximate surface area is 158 Å². The normalized spacial score (nSPS) is 48.4. The minimum atomic E-state index is -1.92. The predicted octanol–water partition coefficient (Wildman–Crippen LogP) is 1.93. The Hall–Kier alpha value is -1.85. The fourth-order valence-corrected chi connectivity index (χ4v) is 6.82. The summed E-state index contributed by atoms with van der Waals surface area (Å²) in [6, 6.07) is 0. The van der Waals surface area contributed by atoms with Crippen LogP contribution in [0, 0.1) is 28.6 Å². The van der Waals surface area contributed by atoms with Gasteiger partial charge in [0.1, 0.15) is 0 Å². The number of carbonyl (C=O) groups is 3. The molecule has 5 heteroatoms. The van der Waals surface area contributed by atoms with Crippen LogP contribution in [0.1, 0.15) is 39.5 Å². The first-order valence-corrected chi connectivity index (χ1v) is 9.62. The van der Waals surface area contributed by atoms with Gasteiger partial charge in [0.2, 0.25) is 5.78 Å². The summed E-state index contributed by atoms with van der Waals surface area (Å²) in [6.45, 7) is 7.81. The van der Waals surface area contributed by atoms with E-state index in [-0.39, 0.29) is 36.2 Å². The van der Waals surface area contributed by atoms with Crippen molar-refractivity contribution in [3.63, 3.8) is 0 Å². The second kappa shape index (κ2) is 5.58. The molecule has 0 bridgehead atoms. The third-order valence-corrected chi connectivity index (χ3v) is 8.15. The van der Waals surface area contributed by atoms with Gasteiger partial charge in [0, 0.05) is 16.7 Å². The number of hydrogen-bond donors (Lipinski definition) is 2. The number of rotatable bonds is 2. The van der Waals surface area contributed by atoms with Crippen LogP contribution >= 0.6 is 0 Å². The number of ketones is 2. The summed E-state index contributed by atoms with van der Waals surface area (Å²) < 4.78 is 0. The van der Waals surface area contributed by atoms with Crippen molar-refractivity contribution >= 4 is 17.9 Å². The quantitative estimate of drug-likeness (QED) is 0.440. The third kappa shape index (κ3) is 2.10. The molecule has 4 rings (SSSR count). The lowest BCUT2D eigenvalue weighted by Crippen LogP contribution is -2.61. The van der Waals surface area contributed by atoms with Crippen molar-refractivity contribution in [1.29, 1.82) is 0 Å². The molecule has 144 valence electrons. The smallest absolute Gasteiger partial charge is 0.231 e. The monoisotopic (exact) mass is 370 g/mol. The summed E-state index contributed by atoms with van der Waals surface area (Å²) in [5.41, 5.74) is -1.82. The lowest BCUT2D eigenvalue weighted by atomic mass is 9.46. The van der Waals surface area contributed by atoms with Gasteiger partial charge in [-0.1, -0.05) is 32.1 Å². The molecule has 0 aromatic heterocycles. The van der Waals surface area contributed by atoms with Crippen LogP contribution in [0.2, 0.25) is 0 Å². The zero-order valence-electron chi connectivity index (χ0n) is 15.8. The number of fused-ring (bicyclic) bond motifs is 5. The van der Waals surface area contributed by atoms with Gasteiger partial charge in [0.15, 0.2) is 17.7 Å². The molecule has 1 unspecified atom stereocenters. The Bertz CT molecular complexity index is 823. The van der Waals surface area contributed by atoms with Gasteiger partial charge in [-0.2, -0.15) is 0 Å². The Morgan fingerprint density at radius 2 is 2.07 bits per heavy atom. The number of aliphatic hydroxyl groups is 2. The van der Waals surface area contributed by atoms with E-state index in [2.05, 4.69) is 13.5 Å². The number of Topliss-reactive ketones (excluding diaryl/α,β-unsaturated/α-hetero) is 1. The standard InChI is InChI=1S/C22H26O5/c1-12-8-16-15-5-4-13-9-14(24)6-7-20(13,2)19(15)17(25)10-21(16,3)22(12,27)18(26)11-23/h6-7,9,11,15-17,19,25,27H,1,4-5,8,10H2,2-3H3/t15-,16-,17?,19+,20-,21-,22-/m0/s1. The van der Waals surface area contributed by atoms with Crippen LogP contribution in [0.25, 0.3) is 0 Å². The van der Waals surface area contributed by atoms with Crippen LogP contribution in [0.15, 0.2) is 36.0 Å². The van der Waals surface area contributed by atoms with Gasteiger partial charge >= 0.3 is 0 Å². The van der Waals surface area contributed by atoms with Crippen molar-refractivity contribution in [1.82, 2.24) is 0 Å². The topological polar surface area (TPSA) is 91.7 Å². The molecular formula is C22H26O5. The van der Waals surface area contributed by atoms with Crippen molar-refractivity contribution < 1.29 is 24.6 Å². The maximum atomic E-state index is 12.4. The number of aliphatic hydroxyl groups excluding tert-OH is 1. The molecule has 0 saturated heterocycles. The molecule has 2 N–H and O–H groups in total. The van der Waals surface area contributed by atoms with E-state index in [0.717, 1.165) is 18.4 Å². The molecule has 27 heavy (non-hydrogen) atoms. The van der Waals surface area contributed by atoms with Crippen LogP contribution < -0.4 is 0 Å². The lowest BCUT2D eigenvalue weighted by Gasteiger charge is -2.59. The zero-order valence-corrected chi connectivity index (χ0v) is 15.8. The number of hydrogen-bond acceptors (Lipinski definition) is 5. The average Bonchev–Trinajstić information content (AvgIpc) is 2.82. The third-order valence-electron chi connectivity index (χ3n) is 8.15. The molecule has 3 saturated carbocycles. The second-order valence-corrected chi connectivity index (χ2v) is 9.21. The Kier molecular flexibility index (Phi) is 3.83. The highest BCUT2D eigenvalue weighted by molar-refractivity contribution is 6.30. The van der Waals surface area contributed by atoms with Crippen LogP contribution in [-0.2, 0) is 14.4 Å². The summed E-state index contributed by atoms with van der Waals surface area (Å²) in [6.07, 6.45) is 6.83. The van der Waals surface area contributed by atoms with Gasteiger partial charge < -0.3 is 10.2 Å². The van der Waals surface area contributed by atoms with Crippen molar-refractivity contribution in [3.8, 4) is 0 Å². The van der Waals surface area contributed by atoms with Crippen molar-refractivity contribution in [2.75, 3.05) is 0 Å². The average molecular weight is 370 g/mol. The number of carbonyl (C=O) groups excluding carboxylic acids is 3. The van der Waals surface area contributed by atoms with E-state index in [4.69, 9.17) is 0 Å². The van der Waals surface area contributed by atoms with E-state index in [9.17, 15) is 24.6 Å². The van der Waals surface area contributed by atoms with Gasteiger partial charge in [-0.05, 0) is 55.2 Å². The van der Waals surface area contributed by atoms with Crippen molar-refractivity contribution in [3.05, 3.63) is 36.0 Å². The van der Waals surface area contributed by atoms with Gasteiger partial charge in [0.05, 0.1) is 6.10 Å². The fourth-order valence-electron chi connectivity index (χ4n) is 6.82. The molecule has 0 spiro atoms. The maximum Gasteiger partial charge on any atom is 0.231 e. The first kappa shape index (κ1) is 18.5. The SMILES string of the molecule is C=C1C[C@H]2[C@@H]3CCC4=CC(=O)C=C[C@]4(C)[C@H]3C(O)C[C@]2(C)[C@@]1(O)C(=O)C=O. The molecule has 7 atom stereocenters. The molecule has 0 amide bonds. The van der Waals surface area contributed by atoms with E-state index in [1.807, 2.05) is 13.0 Å². The minimum Gasteiger partial charge on any atom is -0.393 e. The van der Waals surface area contributed by atoms with Crippen LogP contribution in [0.5, 0.6) is 0 Å². The molecule has 4 aliphatic rings. The highest BCUT2D eigenvalue weighted by atomic mass is 16.3. The number of aldehydes is 1. The molecule has 0 radical (unpaired) electrons. The van der Waals surface area contributed by atoms with E-state index in [0.29, 0.717) is 12.0 Å². The fraction of sp³-hybridized carbons (Fsp3) is 0.591. The highest BCUT2D eigenvalue weighted by Crippen LogP contribution is 2.67. The summed E-state index contributed by atoms with van der Waals surface area (Å²) >= 11 is 0. The van der Waals surface area contributed by atoms with Crippen LogP contribution in [-0.4, -0.2) is 39.8 Å². The minimum absolute atomic E-state index is 0.0174. The number of allylic oxidation sites excluding steroid dienone is 4. The maximum absolute atomic E-state index is 12.4. The Balaban J connectivity index is 1.80. The van der Waals surface area contributed by atoms with Gasteiger partial charge in [0.25, 0.3) is 0 Å². The first-order chi connectivity index (χ1) is 12.6. The van der Waals surface area contributed by atoms with Gasteiger partial charge in [-0.3, -0.25) is 14.4 Å². The summed E-state index contributed by atoms with van der Waals surface area (Å²) in [4.78, 5) is 35.4. The molecule has 5 nitrogen and oxygen atoms in total. The summed E-state index contributed by atoms with van der Waals surface area (Å²) in [5.74, 6) is -0.952. The molecule has 0 aromatic rings. The van der Waals surface area contributed by atoms with Gasteiger partial charge in [-0.15, -0.1) is 0 Å². The second-order valence-electron chi connectivity index (χ2n) is 9.21. The van der Waals surface area contributed by atoms with Gasteiger partial charge in [-0.25, -0.2) is 0 Å². The van der Waals surface area contributed by atoms with E-state index in [1.165, 1.54) is 0 Å². The molecule has 0 aromatic carbocycles. The predicted molar refractivity (Wildman–Crippen MR) is 98.5 cm³/mol. The van der Waals surface area contributed by atoms with E-state index >= 15 is 0 Å². The zero-order chi connectivity index (χ0) is 19.8. The van der Waals surface area contributed by atoms with Crippen molar-refractivity contribution in [2.45, 2.75) is 51.2 Å². The van der Waals surface area contributed by atoms with E-state index < -0.39 is 28.3 Å². The van der Waals surface area contributed by atoms with Crippen molar-refractivity contribution in [2.24, 2.45) is 28.6 Å². The summed E-state index contributed by atoms with van der Waals surface area (Å²) in [7, 11) is 0. The Morgan fingerprint density at radius 3 is 2.74 bits per heavy atom. The molecule has 4 aliphatic carbocycles. The van der Waals surface area contributed by atoms with Crippen LogP contribution in [0.3, 0.4) is 0 Å². The molecule has 0 aliphatic heterocycles. The first-order valence-electron chi connectivity index (χ1n) is 9.62. The molecule has 3 fully saturated rings. The molecule has 0 heterocycles. The molecular weight excluding hydrogens is 344 g/mol. The van der Waals surface area contributed by atoms with E-state index in [1.54, 1.807) is 12.2 Å².